The zero-order valence-electron chi connectivity index (χ0n) is 18.9. The fraction of sp³-hybridized carbons (Fsp3) is 0.600. The van der Waals surface area contributed by atoms with Crippen LogP contribution >= 0.6 is 0 Å². The van der Waals surface area contributed by atoms with Crippen LogP contribution in [0.1, 0.15) is 57.3 Å². The summed E-state index contributed by atoms with van der Waals surface area (Å²) in [5.41, 5.74) is 2.55. The molecule has 5 rings (SSSR count). The first-order valence-electron chi connectivity index (χ1n) is 11.4. The van der Waals surface area contributed by atoms with Gasteiger partial charge in [-0.3, -0.25) is 9.48 Å². The van der Waals surface area contributed by atoms with E-state index in [9.17, 15) is 4.79 Å². The molecule has 1 aromatic carbocycles. The smallest absolute Gasteiger partial charge is 0.217 e. The molecule has 0 radical (unpaired) electrons. The third kappa shape index (κ3) is 3.18. The van der Waals surface area contributed by atoms with Gasteiger partial charge in [-0.2, -0.15) is 5.10 Å². The SMILES string of the molecule is COc1ccc([C@H]2OCC[C@@]34C[C@@H](C[C@H]23)C(C)(C)[C@@H]4NC(C)=O)cc1Cn1cccn1. The molecule has 1 aromatic heterocycles. The van der Waals surface area contributed by atoms with Crippen LogP contribution < -0.4 is 10.1 Å². The van der Waals surface area contributed by atoms with Crippen molar-refractivity contribution in [2.24, 2.45) is 22.7 Å². The lowest BCUT2D eigenvalue weighted by Gasteiger charge is -2.53. The summed E-state index contributed by atoms with van der Waals surface area (Å²) in [6.07, 6.45) is 7.18. The summed E-state index contributed by atoms with van der Waals surface area (Å²) in [6, 6.07) is 8.58. The predicted octanol–water partition coefficient (Wildman–Crippen LogP) is 3.96. The molecule has 6 heteroatoms. The number of hydrogen-bond acceptors (Lipinski definition) is 4. The maximum absolute atomic E-state index is 12.1. The van der Waals surface area contributed by atoms with E-state index in [2.05, 4.69) is 42.5 Å². The number of amides is 1. The number of methoxy groups -OCH3 is 1. The first-order valence-corrected chi connectivity index (χ1v) is 11.4. The summed E-state index contributed by atoms with van der Waals surface area (Å²) in [4.78, 5) is 12.1. The van der Waals surface area contributed by atoms with Crippen molar-refractivity contribution < 1.29 is 14.3 Å². The van der Waals surface area contributed by atoms with E-state index in [0.717, 1.165) is 30.8 Å². The second-order valence-electron chi connectivity index (χ2n) is 10.2. The summed E-state index contributed by atoms with van der Waals surface area (Å²) >= 11 is 0. The maximum Gasteiger partial charge on any atom is 0.217 e. The highest BCUT2D eigenvalue weighted by Crippen LogP contribution is 2.70. The highest BCUT2D eigenvalue weighted by molar-refractivity contribution is 5.73. The molecule has 2 saturated carbocycles. The van der Waals surface area contributed by atoms with Gasteiger partial charge in [0, 0.05) is 37.5 Å². The van der Waals surface area contributed by atoms with Crippen LogP contribution in [0.15, 0.2) is 36.7 Å². The molecule has 2 bridgehead atoms. The summed E-state index contributed by atoms with van der Waals surface area (Å²) < 4.78 is 14.0. The van der Waals surface area contributed by atoms with Gasteiger partial charge in [0.05, 0.1) is 19.8 Å². The Balaban J connectivity index is 1.49. The van der Waals surface area contributed by atoms with Crippen LogP contribution in [0, 0.1) is 22.7 Å². The van der Waals surface area contributed by atoms with Crippen LogP contribution in [-0.2, 0) is 16.1 Å². The molecule has 0 unspecified atom stereocenters. The van der Waals surface area contributed by atoms with E-state index in [0.29, 0.717) is 18.4 Å². The van der Waals surface area contributed by atoms with Crippen molar-refractivity contribution in [2.75, 3.05) is 13.7 Å². The van der Waals surface area contributed by atoms with Gasteiger partial charge in [-0.05, 0) is 65.7 Å². The van der Waals surface area contributed by atoms with Gasteiger partial charge in [0.25, 0.3) is 0 Å². The van der Waals surface area contributed by atoms with Gasteiger partial charge in [-0.1, -0.05) is 19.9 Å². The second kappa shape index (κ2) is 7.37. The van der Waals surface area contributed by atoms with E-state index in [4.69, 9.17) is 9.47 Å². The number of aromatic nitrogens is 2. The molecule has 5 atom stereocenters. The number of benzene rings is 1. The Kier molecular flexibility index (Phi) is 4.88. The van der Waals surface area contributed by atoms with Gasteiger partial charge in [-0.25, -0.2) is 0 Å². The third-order valence-electron chi connectivity index (χ3n) is 8.38. The van der Waals surface area contributed by atoms with Gasteiger partial charge >= 0.3 is 0 Å². The van der Waals surface area contributed by atoms with E-state index >= 15 is 0 Å². The van der Waals surface area contributed by atoms with Crippen molar-refractivity contribution in [2.45, 2.75) is 58.7 Å². The van der Waals surface area contributed by atoms with Crippen molar-refractivity contribution in [3.05, 3.63) is 47.8 Å². The lowest BCUT2D eigenvalue weighted by Crippen LogP contribution is -2.58. The van der Waals surface area contributed by atoms with E-state index in [-0.39, 0.29) is 28.9 Å². The number of nitrogens with one attached hydrogen (secondary N) is 1. The molecule has 3 fully saturated rings. The zero-order valence-corrected chi connectivity index (χ0v) is 18.9. The van der Waals surface area contributed by atoms with Gasteiger partial charge in [0.2, 0.25) is 5.91 Å². The number of carbonyl (C=O) groups is 1. The molecular formula is C25H33N3O3. The third-order valence-corrected chi connectivity index (χ3v) is 8.38. The van der Waals surface area contributed by atoms with Crippen molar-refractivity contribution in [1.82, 2.24) is 15.1 Å². The Morgan fingerprint density at radius 3 is 2.94 bits per heavy atom. The molecule has 31 heavy (non-hydrogen) atoms. The highest BCUT2D eigenvalue weighted by Gasteiger charge is 2.68. The molecule has 166 valence electrons. The fourth-order valence-electron chi connectivity index (χ4n) is 6.99. The molecule has 2 aromatic rings. The van der Waals surface area contributed by atoms with Crippen LogP contribution in [0.25, 0.3) is 0 Å². The number of hydrogen-bond donors (Lipinski definition) is 1. The minimum atomic E-state index is 0.0494. The fourth-order valence-corrected chi connectivity index (χ4v) is 6.99. The number of nitrogens with zero attached hydrogens (tertiary/aromatic N) is 2. The lowest BCUT2D eigenvalue weighted by molar-refractivity contribution is -0.136. The van der Waals surface area contributed by atoms with Gasteiger partial charge in [-0.15, -0.1) is 0 Å². The number of fused-ring (bicyclic) bond motifs is 1. The molecule has 2 heterocycles. The number of rotatable bonds is 5. The Morgan fingerprint density at radius 1 is 1.39 bits per heavy atom. The molecule has 1 spiro atoms. The largest absolute Gasteiger partial charge is 0.496 e. The average molecular weight is 424 g/mol. The first kappa shape index (κ1) is 20.6. The Bertz CT molecular complexity index is 970. The minimum absolute atomic E-state index is 0.0494. The van der Waals surface area contributed by atoms with Crippen LogP contribution in [0.2, 0.25) is 0 Å². The molecule has 1 amide bonds. The predicted molar refractivity (Wildman–Crippen MR) is 118 cm³/mol. The van der Waals surface area contributed by atoms with Crippen molar-refractivity contribution in [1.29, 1.82) is 0 Å². The van der Waals surface area contributed by atoms with Gasteiger partial charge in [0.15, 0.2) is 0 Å². The molecule has 1 aliphatic heterocycles. The molecule has 1 N–H and O–H groups in total. The second-order valence-corrected chi connectivity index (χ2v) is 10.2. The average Bonchev–Trinajstić information content (AvgIpc) is 3.43. The maximum atomic E-state index is 12.1. The number of ether oxygens (including phenoxy) is 2. The standard InChI is InChI=1S/C25H33N3O3/c1-16(29)27-23-24(2,3)19-13-20-22(31-11-8-25(20,23)14-19)17-6-7-21(30-4)18(12-17)15-28-10-5-9-26-28/h5-7,9-10,12,19-20,22-23H,8,11,13-15H2,1-4H3,(H,27,29)/t19-,20-,22-,23+,25-/m1/s1. The normalized spacial score (nSPS) is 33.2. The monoisotopic (exact) mass is 423 g/mol. The summed E-state index contributed by atoms with van der Waals surface area (Å²) in [6.45, 7) is 7.72. The zero-order chi connectivity index (χ0) is 21.8. The Morgan fingerprint density at radius 2 is 2.23 bits per heavy atom. The van der Waals surface area contributed by atoms with E-state index < -0.39 is 0 Å². The van der Waals surface area contributed by atoms with E-state index in [1.54, 1.807) is 20.2 Å². The first-order chi connectivity index (χ1) is 14.8. The molecular weight excluding hydrogens is 390 g/mol. The van der Waals surface area contributed by atoms with Crippen LogP contribution in [0.4, 0.5) is 0 Å². The van der Waals surface area contributed by atoms with E-state index in [1.807, 2.05) is 16.9 Å². The van der Waals surface area contributed by atoms with Crippen molar-refractivity contribution in [3.8, 4) is 5.75 Å². The minimum Gasteiger partial charge on any atom is -0.496 e. The van der Waals surface area contributed by atoms with E-state index in [1.165, 1.54) is 12.0 Å². The number of carbonyl (C=O) groups excluding carboxylic acids is 1. The van der Waals surface area contributed by atoms with Gasteiger partial charge in [0.1, 0.15) is 5.75 Å². The summed E-state index contributed by atoms with van der Waals surface area (Å²) in [5, 5.41) is 7.71. The quantitative estimate of drug-likeness (QED) is 0.791. The summed E-state index contributed by atoms with van der Waals surface area (Å²) in [7, 11) is 1.71. The van der Waals surface area contributed by atoms with Crippen molar-refractivity contribution in [3.63, 3.8) is 0 Å². The Hall–Kier alpha value is -2.34. The van der Waals surface area contributed by atoms with Crippen molar-refractivity contribution >= 4 is 5.91 Å². The van der Waals surface area contributed by atoms with Crippen LogP contribution in [-0.4, -0.2) is 35.4 Å². The lowest BCUT2D eigenvalue weighted by atomic mass is 9.59. The Labute approximate surface area is 184 Å². The highest BCUT2D eigenvalue weighted by atomic mass is 16.5. The molecule has 6 nitrogen and oxygen atoms in total. The summed E-state index contributed by atoms with van der Waals surface area (Å²) in [5.74, 6) is 1.98. The molecule has 3 aliphatic rings. The van der Waals surface area contributed by atoms with Gasteiger partial charge < -0.3 is 14.8 Å². The van der Waals surface area contributed by atoms with Crippen LogP contribution in [0.3, 0.4) is 0 Å². The topological polar surface area (TPSA) is 65.4 Å². The molecule has 1 saturated heterocycles. The molecule has 2 aliphatic carbocycles. The van der Waals surface area contributed by atoms with Crippen LogP contribution in [0.5, 0.6) is 5.75 Å².